The van der Waals surface area contributed by atoms with Gasteiger partial charge in [0.1, 0.15) is 35.6 Å². The third-order valence-corrected chi connectivity index (χ3v) is 7.78. The summed E-state index contributed by atoms with van der Waals surface area (Å²) < 4.78 is 46.8. The van der Waals surface area contributed by atoms with Crippen LogP contribution < -0.4 is 20.3 Å². The molecule has 0 bridgehead atoms. The number of halogens is 3. The van der Waals surface area contributed by atoms with Gasteiger partial charge in [0.05, 0.1) is 27.8 Å². The van der Waals surface area contributed by atoms with E-state index < -0.39 is 23.8 Å². The summed E-state index contributed by atoms with van der Waals surface area (Å²) in [5.41, 5.74) is 1.38. The van der Waals surface area contributed by atoms with Crippen LogP contribution in [-0.4, -0.2) is 93.5 Å². The van der Waals surface area contributed by atoms with E-state index in [9.17, 15) is 32.7 Å². The standard InChI is InChI=1S/C30H29F3N6O6/c1-38-9-6-16(7-10-38)39-28(42)20-12-23-24(13-21(20)29(39)43)37-26(36-23)25-22(5-8-34-27(25)41)35-14-17(40)15-44-18-3-2-4-19(11-18)45-30(31,32)33/h2-5,8,11-13,16-17,40H,6-7,9-10,14-15H2,1H3,(H,36,37)(H2,34,35,41). The summed E-state index contributed by atoms with van der Waals surface area (Å²) in [7, 11) is 2.00. The Morgan fingerprint density at radius 1 is 1.07 bits per heavy atom. The number of piperidine rings is 1. The number of hydrogen-bond donors (Lipinski definition) is 4. The molecule has 2 aliphatic rings. The monoisotopic (exact) mass is 626 g/mol. The molecule has 2 aliphatic heterocycles. The number of amides is 2. The zero-order valence-corrected chi connectivity index (χ0v) is 24.0. The van der Waals surface area contributed by atoms with E-state index in [1.54, 1.807) is 18.2 Å². The Kier molecular flexibility index (Phi) is 7.97. The number of hydrogen-bond acceptors (Lipinski definition) is 9. The lowest BCUT2D eigenvalue weighted by Gasteiger charge is -2.33. The molecule has 0 aliphatic carbocycles. The zero-order chi connectivity index (χ0) is 31.9. The number of aliphatic hydroxyl groups excluding tert-OH is 1. The first-order valence-corrected chi connectivity index (χ1v) is 14.2. The highest BCUT2D eigenvalue weighted by Gasteiger charge is 2.41. The summed E-state index contributed by atoms with van der Waals surface area (Å²) in [6, 6.07) is 9.46. The minimum absolute atomic E-state index is 0.0632. The fourth-order valence-corrected chi connectivity index (χ4v) is 5.57. The Morgan fingerprint density at radius 2 is 1.78 bits per heavy atom. The maximum Gasteiger partial charge on any atom is 0.573 e. The number of nitrogens with one attached hydrogen (secondary N) is 3. The van der Waals surface area contributed by atoms with E-state index in [-0.39, 0.29) is 59.3 Å². The van der Waals surface area contributed by atoms with Crippen LogP contribution in [0.4, 0.5) is 18.9 Å². The van der Waals surface area contributed by atoms with Gasteiger partial charge >= 0.3 is 6.36 Å². The minimum Gasteiger partial charge on any atom is -0.491 e. The highest BCUT2D eigenvalue weighted by molar-refractivity contribution is 6.23. The van der Waals surface area contributed by atoms with Crippen molar-refractivity contribution in [2.24, 2.45) is 0 Å². The second kappa shape index (κ2) is 11.9. The molecular weight excluding hydrogens is 597 g/mol. The Labute approximate surface area is 253 Å². The quantitative estimate of drug-likeness (QED) is 0.205. The predicted molar refractivity (Wildman–Crippen MR) is 156 cm³/mol. The fourth-order valence-electron chi connectivity index (χ4n) is 5.57. The number of H-pyrrole nitrogens is 2. The number of aromatic amines is 2. The largest absolute Gasteiger partial charge is 0.573 e. The molecule has 6 rings (SSSR count). The van der Waals surface area contributed by atoms with Crippen molar-refractivity contribution < 1.29 is 37.3 Å². The topological polar surface area (TPSA) is 153 Å². The molecule has 15 heteroatoms. The van der Waals surface area contributed by atoms with Crippen molar-refractivity contribution in [2.75, 3.05) is 38.6 Å². The number of carbonyl (C=O) groups excluding carboxylic acids is 2. The van der Waals surface area contributed by atoms with E-state index in [0.29, 0.717) is 29.6 Å². The van der Waals surface area contributed by atoms with Crippen molar-refractivity contribution in [2.45, 2.75) is 31.3 Å². The van der Waals surface area contributed by atoms with Crippen LogP contribution in [0, 0.1) is 0 Å². The summed E-state index contributed by atoms with van der Waals surface area (Å²) in [5, 5.41) is 13.4. The molecule has 4 aromatic rings. The van der Waals surface area contributed by atoms with Gasteiger partial charge in [0.2, 0.25) is 0 Å². The molecule has 0 saturated carbocycles. The van der Waals surface area contributed by atoms with E-state index in [4.69, 9.17) is 4.74 Å². The third kappa shape index (κ3) is 6.35. The molecule has 236 valence electrons. The fraction of sp³-hybridized carbons (Fsp3) is 0.333. The van der Waals surface area contributed by atoms with Gasteiger partial charge in [-0.1, -0.05) is 6.07 Å². The van der Waals surface area contributed by atoms with Gasteiger partial charge in [-0.05, 0) is 63.3 Å². The predicted octanol–water partition coefficient (Wildman–Crippen LogP) is 3.36. The highest BCUT2D eigenvalue weighted by Crippen LogP contribution is 2.33. The number of benzene rings is 2. The number of alkyl halides is 3. The molecule has 4 N–H and O–H groups in total. The lowest BCUT2D eigenvalue weighted by Crippen LogP contribution is -2.46. The first kappa shape index (κ1) is 30.1. The number of likely N-dealkylation sites (tertiary alicyclic amines) is 1. The number of anilines is 1. The number of carbonyl (C=O) groups is 2. The number of imidazole rings is 1. The lowest BCUT2D eigenvalue weighted by atomic mass is 10.0. The highest BCUT2D eigenvalue weighted by atomic mass is 19.4. The number of ether oxygens (including phenoxy) is 2. The molecule has 12 nitrogen and oxygen atoms in total. The van der Waals surface area contributed by atoms with Gasteiger partial charge in [-0.15, -0.1) is 13.2 Å². The summed E-state index contributed by atoms with van der Waals surface area (Å²) in [4.78, 5) is 53.2. The van der Waals surface area contributed by atoms with Crippen molar-refractivity contribution in [3.05, 3.63) is 70.1 Å². The molecule has 1 unspecified atom stereocenters. The van der Waals surface area contributed by atoms with Crippen LogP contribution in [0.15, 0.2) is 53.5 Å². The Morgan fingerprint density at radius 3 is 2.51 bits per heavy atom. The second-order valence-electron chi connectivity index (χ2n) is 11.0. The maximum atomic E-state index is 13.3. The van der Waals surface area contributed by atoms with Crippen LogP contribution in [-0.2, 0) is 0 Å². The molecule has 0 spiro atoms. The Bertz CT molecular complexity index is 1760. The number of imide groups is 1. The average Bonchev–Trinajstić information content (AvgIpc) is 3.51. The molecule has 45 heavy (non-hydrogen) atoms. The van der Waals surface area contributed by atoms with Gasteiger partial charge in [0.25, 0.3) is 17.4 Å². The van der Waals surface area contributed by atoms with Crippen molar-refractivity contribution in [3.63, 3.8) is 0 Å². The van der Waals surface area contributed by atoms with E-state index in [2.05, 4.69) is 29.9 Å². The summed E-state index contributed by atoms with van der Waals surface area (Å²) in [5.74, 6) is -0.921. The smallest absolute Gasteiger partial charge is 0.491 e. The number of fused-ring (bicyclic) bond motifs is 2. The number of nitrogens with zero attached hydrogens (tertiary/aromatic N) is 3. The average molecular weight is 627 g/mol. The van der Waals surface area contributed by atoms with Gasteiger partial charge in [-0.2, -0.15) is 0 Å². The Balaban J connectivity index is 1.16. The molecule has 1 saturated heterocycles. The Hall–Kier alpha value is -4.89. The molecule has 2 aromatic heterocycles. The SMILES string of the molecule is CN1CCC(N2C(=O)c3cc4nc(-c5c(NCC(O)COc6cccc(OC(F)(F)F)c6)cc[nH]c5=O)[nH]c4cc3C2=O)CC1. The molecule has 4 heterocycles. The van der Waals surface area contributed by atoms with Gasteiger partial charge in [-0.25, -0.2) is 4.98 Å². The normalized spacial score (nSPS) is 16.7. The van der Waals surface area contributed by atoms with Crippen LogP contribution in [0.25, 0.3) is 22.4 Å². The minimum atomic E-state index is -4.85. The molecular formula is C30H29F3N6O6. The molecule has 0 radical (unpaired) electrons. The summed E-state index contributed by atoms with van der Waals surface area (Å²) in [6.45, 7) is 1.24. The lowest BCUT2D eigenvalue weighted by molar-refractivity contribution is -0.274. The zero-order valence-electron chi connectivity index (χ0n) is 24.0. The third-order valence-electron chi connectivity index (χ3n) is 7.78. The number of aliphatic hydroxyl groups is 1. The maximum absolute atomic E-state index is 13.3. The van der Waals surface area contributed by atoms with Crippen molar-refractivity contribution in [1.82, 2.24) is 24.8 Å². The second-order valence-corrected chi connectivity index (χ2v) is 11.0. The van der Waals surface area contributed by atoms with Crippen molar-refractivity contribution >= 4 is 28.5 Å². The molecule has 2 amide bonds. The van der Waals surface area contributed by atoms with E-state index in [0.717, 1.165) is 25.2 Å². The van der Waals surface area contributed by atoms with Gasteiger partial charge in [0, 0.05) is 24.8 Å². The first-order valence-electron chi connectivity index (χ1n) is 14.2. The van der Waals surface area contributed by atoms with Crippen LogP contribution >= 0.6 is 0 Å². The first-order chi connectivity index (χ1) is 21.5. The number of pyridine rings is 1. The summed E-state index contributed by atoms with van der Waals surface area (Å²) >= 11 is 0. The molecule has 2 aromatic carbocycles. The molecule has 1 fully saturated rings. The van der Waals surface area contributed by atoms with Crippen LogP contribution in [0.2, 0.25) is 0 Å². The van der Waals surface area contributed by atoms with E-state index in [1.165, 1.54) is 23.2 Å². The molecule has 1 atom stereocenters. The van der Waals surface area contributed by atoms with Crippen molar-refractivity contribution in [3.8, 4) is 22.9 Å². The van der Waals surface area contributed by atoms with Gasteiger partial charge in [0.15, 0.2) is 0 Å². The number of rotatable bonds is 9. The van der Waals surface area contributed by atoms with Crippen LogP contribution in [0.1, 0.15) is 33.6 Å². The number of aromatic nitrogens is 3. The van der Waals surface area contributed by atoms with Gasteiger partial charge in [-0.3, -0.25) is 19.3 Å². The van der Waals surface area contributed by atoms with E-state index >= 15 is 0 Å². The van der Waals surface area contributed by atoms with Crippen molar-refractivity contribution in [1.29, 1.82) is 0 Å². The summed E-state index contributed by atoms with van der Waals surface area (Å²) in [6.07, 6.45) is -3.14. The van der Waals surface area contributed by atoms with Crippen LogP contribution in [0.5, 0.6) is 11.5 Å². The van der Waals surface area contributed by atoms with Crippen LogP contribution in [0.3, 0.4) is 0 Å². The van der Waals surface area contributed by atoms with E-state index in [1.807, 2.05) is 7.05 Å². The van der Waals surface area contributed by atoms with Gasteiger partial charge < -0.3 is 34.8 Å².